The Morgan fingerprint density at radius 2 is 2.16 bits per heavy atom. The summed E-state index contributed by atoms with van der Waals surface area (Å²) in [6.45, 7) is 0.377. The van der Waals surface area contributed by atoms with Crippen LogP contribution in [0.25, 0.3) is 0 Å². The molecule has 1 aromatic carbocycles. The Morgan fingerprint density at radius 3 is 2.95 bits per heavy atom. The van der Waals surface area contributed by atoms with Gasteiger partial charge in [0.15, 0.2) is 0 Å². The lowest BCUT2D eigenvalue weighted by Crippen LogP contribution is -2.22. The number of amides is 1. The van der Waals surface area contributed by atoms with Gasteiger partial charge in [0.2, 0.25) is 5.91 Å². The van der Waals surface area contributed by atoms with Crippen molar-refractivity contribution < 1.29 is 9.53 Å². The molecule has 1 aliphatic heterocycles. The second-order valence-electron chi connectivity index (χ2n) is 4.25. The Hall–Kier alpha value is -1.88. The number of fused-ring (bicyclic) bond motifs is 1. The molecule has 0 saturated carbocycles. The molecule has 0 spiro atoms. The lowest BCUT2D eigenvalue weighted by Gasteiger charge is -2.09. The van der Waals surface area contributed by atoms with Crippen LogP contribution in [-0.2, 0) is 4.79 Å². The van der Waals surface area contributed by atoms with Crippen LogP contribution in [0.4, 0.5) is 5.82 Å². The summed E-state index contributed by atoms with van der Waals surface area (Å²) in [6, 6.07) is 11.2. The van der Waals surface area contributed by atoms with Crippen LogP contribution < -0.4 is 10.1 Å². The molecule has 0 radical (unpaired) electrons. The number of rotatable bonds is 2. The summed E-state index contributed by atoms with van der Waals surface area (Å²) in [4.78, 5) is 16.3. The number of nitrogens with one attached hydrogen (secondary N) is 1. The van der Waals surface area contributed by atoms with Crippen LogP contribution >= 0.6 is 15.9 Å². The summed E-state index contributed by atoms with van der Waals surface area (Å²) in [6.07, 6.45) is 1.65. The first-order valence-electron chi connectivity index (χ1n) is 5.88. The van der Waals surface area contributed by atoms with Crippen LogP contribution in [0.1, 0.15) is 11.5 Å². The fourth-order valence-electron chi connectivity index (χ4n) is 2.04. The molecule has 96 valence electrons. The van der Waals surface area contributed by atoms with Gasteiger partial charge in [-0.05, 0) is 34.1 Å². The van der Waals surface area contributed by atoms with Gasteiger partial charge in [-0.15, -0.1) is 0 Å². The molecule has 0 aliphatic carbocycles. The summed E-state index contributed by atoms with van der Waals surface area (Å²) in [5, 5.41) is 2.80. The Kier molecular flexibility index (Phi) is 3.21. The number of carbonyl (C=O) groups is 1. The number of nitrogens with zero attached hydrogens (tertiary/aromatic N) is 1. The number of benzene rings is 1. The van der Waals surface area contributed by atoms with E-state index in [1.165, 1.54) is 0 Å². The first-order chi connectivity index (χ1) is 9.24. The van der Waals surface area contributed by atoms with E-state index < -0.39 is 0 Å². The normalized spacial score (nSPS) is 16.6. The number of hydrogen-bond acceptors (Lipinski definition) is 3. The molecule has 2 heterocycles. The van der Waals surface area contributed by atoms with Gasteiger partial charge < -0.3 is 10.1 Å². The number of pyridine rings is 1. The molecule has 1 unspecified atom stereocenters. The molecule has 5 heteroatoms. The Balaban J connectivity index is 1.77. The predicted molar refractivity (Wildman–Crippen MR) is 75.2 cm³/mol. The van der Waals surface area contributed by atoms with Crippen LogP contribution in [-0.4, -0.2) is 17.5 Å². The molecular weight excluding hydrogens is 308 g/mol. The highest BCUT2D eigenvalue weighted by Crippen LogP contribution is 2.34. The van der Waals surface area contributed by atoms with Crippen molar-refractivity contribution in [2.75, 3.05) is 11.9 Å². The fourth-order valence-corrected chi connectivity index (χ4v) is 2.28. The number of halogens is 1. The van der Waals surface area contributed by atoms with Gasteiger partial charge in [-0.25, -0.2) is 4.98 Å². The van der Waals surface area contributed by atoms with Crippen LogP contribution in [0.2, 0.25) is 0 Å². The van der Waals surface area contributed by atoms with Crippen molar-refractivity contribution in [2.45, 2.75) is 5.92 Å². The van der Waals surface area contributed by atoms with E-state index >= 15 is 0 Å². The minimum absolute atomic E-state index is 0.0974. The zero-order valence-corrected chi connectivity index (χ0v) is 11.6. The molecule has 0 bridgehead atoms. The van der Waals surface area contributed by atoms with Crippen molar-refractivity contribution in [3.8, 4) is 5.75 Å². The van der Waals surface area contributed by atoms with E-state index in [0.717, 1.165) is 15.8 Å². The molecule has 0 fully saturated rings. The fraction of sp³-hybridized carbons (Fsp3) is 0.143. The number of carbonyl (C=O) groups excluding carboxylic acids is 1. The van der Waals surface area contributed by atoms with Gasteiger partial charge in [-0.1, -0.05) is 18.2 Å². The van der Waals surface area contributed by atoms with Gasteiger partial charge in [0, 0.05) is 16.2 Å². The quantitative estimate of drug-likeness (QED) is 0.926. The van der Waals surface area contributed by atoms with Crippen molar-refractivity contribution in [2.24, 2.45) is 0 Å². The molecule has 0 saturated heterocycles. The van der Waals surface area contributed by atoms with Gasteiger partial charge in [0.25, 0.3) is 0 Å². The van der Waals surface area contributed by atoms with E-state index in [1.807, 2.05) is 30.3 Å². The summed E-state index contributed by atoms with van der Waals surface area (Å²) < 4.78 is 6.38. The van der Waals surface area contributed by atoms with Crippen LogP contribution in [0.15, 0.2) is 47.1 Å². The van der Waals surface area contributed by atoms with Crippen LogP contribution in [0.5, 0.6) is 5.75 Å². The SMILES string of the molecule is O=C(Nc1ccc(Br)cn1)C1COc2ccccc21. The predicted octanol–water partition coefficient (Wildman–Crippen LogP) is 2.96. The van der Waals surface area contributed by atoms with E-state index in [9.17, 15) is 4.79 Å². The standard InChI is InChI=1S/C14H11BrN2O2/c15-9-5-6-13(16-7-9)17-14(18)11-8-19-12-4-2-1-3-10(11)12/h1-7,11H,8H2,(H,16,17,18). The largest absolute Gasteiger partial charge is 0.492 e. The van der Waals surface area contributed by atoms with Gasteiger partial charge in [-0.2, -0.15) is 0 Å². The third kappa shape index (κ3) is 2.46. The maximum absolute atomic E-state index is 12.2. The van der Waals surface area contributed by atoms with Gasteiger partial charge in [0.1, 0.15) is 24.1 Å². The molecule has 4 nitrogen and oxygen atoms in total. The molecule has 2 aromatic rings. The number of ether oxygens (including phenoxy) is 1. The van der Waals surface area contributed by atoms with Gasteiger partial charge in [0.05, 0.1) is 0 Å². The minimum atomic E-state index is -0.276. The molecule has 1 amide bonds. The molecule has 1 aliphatic rings. The summed E-state index contributed by atoms with van der Waals surface area (Å²) >= 11 is 3.30. The highest BCUT2D eigenvalue weighted by Gasteiger charge is 2.30. The molecular formula is C14H11BrN2O2. The maximum Gasteiger partial charge on any atom is 0.236 e. The third-order valence-corrected chi connectivity index (χ3v) is 3.46. The van der Waals surface area contributed by atoms with E-state index in [4.69, 9.17) is 4.74 Å². The molecule has 1 atom stereocenters. The average molecular weight is 319 g/mol. The van der Waals surface area contributed by atoms with Crippen molar-refractivity contribution >= 4 is 27.7 Å². The van der Waals surface area contributed by atoms with Crippen molar-refractivity contribution in [3.05, 3.63) is 52.6 Å². The summed E-state index contributed by atoms with van der Waals surface area (Å²) in [5.41, 5.74) is 0.928. The van der Waals surface area contributed by atoms with E-state index in [1.54, 1.807) is 12.3 Å². The van der Waals surface area contributed by atoms with Crippen LogP contribution in [0, 0.1) is 0 Å². The molecule has 19 heavy (non-hydrogen) atoms. The van der Waals surface area contributed by atoms with Gasteiger partial charge >= 0.3 is 0 Å². The Morgan fingerprint density at radius 1 is 1.32 bits per heavy atom. The van der Waals surface area contributed by atoms with E-state index in [2.05, 4.69) is 26.2 Å². The maximum atomic E-state index is 12.2. The van der Waals surface area contributed by atoms with E-state index in [-0.39, 0.29) is 11.8 Å². The highest BCUT2D eigenvalue weighted by atomic mass is 79.9. The number of anilines is 1. The third-order valence-electron chi connectivity index (χ3n) is 3.00. The van der Waals surface area contributed by atoms with Gasteiger partial charge in [-0.3, -0.25) is 4.79 Å². The second-order valence-corrected chi connectivity index (χ2v) is 5.17. The molecule has 1 aromatic heterocycles. The zero-order valence-electron chi connectivity index (χ0n) is 9.97. The number of para-hydroxylation sites is 1. The second kappa shape index (κ2) is 5.01. The van der Waals surface area contributed by atoms with E-state index in [0.29, 0.717) is 12.4 Å². The van der Waals surface area contributed by atoms with Crippen molar-refractivity contribution in [1.29, 1.82) is 0 Å². The number of hydrogen-bond donors (Lipinski definition) is 1. The zero-order chi connectivity index (χ0) is 13.2. The molecule has 3 rings (SSSR count). The number of aromatic nitrogens is 1. The Bertz CT molecular complexity index is 613. The molecule has 1 N–H and O–H groups in total. The smallest absolute Gasteiger partial charge is 0.236 e. The topological polar surface area (TPSA) is 51.2 Å². The summed E-state index contributed by atoms with van der Waals surface area (Å²) in [5.74, 6) is 0.949. The first-order valence-corrected chi connectivity index (χ1v) is 6.67. The Labute approximate surface area is 118 Å². The minimum Gasteiger partial charge on any atom is -0.492 e. The average Bonchev–Trinajstić information content (AvgIpc) is 2.85. The summed E-state index contributed by atoms with van der Waals surface area (Å²) in [7, 11) is 0. The lowest BCUT2D eigenvalue weighted by molar-refractivity contribution is -0.117. The van der Waals surface area contributed by atoms with Crippen molar-refractivity contribution in [1.82, 2.24) is 4.98 Å². The van der Waals surface area contributed by atoms with Crippen molar-refractivity contribution in [3.63, 3.8) is 0 Å². The first kappa shape index (κ1) is 12.2. The van der Waals surface area contributed by atoms with Crippen LogP contribution in [0.3, 0.4) is 0 Å². The lowest BCUT2D eigenvalue weighted by atomic mass is 10.0. The highest BCUT2D eigenvalue weighted by molar-refractivity contribution is 9.10. The monoisotopic (exact) mass is 318 g/mol.